The van der Waals surface area contributed by atoms with E-state index in [9.17, 15) is 0 Å². The van der Waals surface area contributed by atoms with Gasteiger partial charge in [0.05, 0.1) is 0 Å². The quantitative estimate of drug-likeness (QED) is 0.804. The maximum absolute atomic E-state index is 5.73. The van der Waals surface area contributed by atoms with Crippen LogP contribution in [-0.2, 0) is 0 Å². The lowest BCUT2D eigenvalue weighted by Crippen LogP contribution is -2.24. The Kier molecular flexibility index (Phi) is 4.88. The highest BCUT2D eigenvalue weighted by molar-refractivity contribution is 5.53. The molecule has 0 radical (unpaired) electrons. The first-order valence-electron chi connectivity index (χ1n) is 7.10. The first kappa shape index (κ1) is 13.2. The second-order valence-corrected chi connectivity index (χ2v) is 5.31. The molecule has 1 heterocycles. The van der Waals surface area contributed by atoms with Crippen molar-refractivity contribution >= 4 is 11.4 Å². The first-order valence-corrected chi connectivity index (χ1v) is 7.10. The lowest BCUT2D eigenvalue weighted by Gasteiger charge is -2.23. The molecule has 0 bridgehead atoms. The molecule has 1 fully saturated rings. The summed E-state index contributed by atoms with van der Waals surface area (Å²) in [5.41, 5.74) is 13.5. The summed E-state index contributed by atoms with van der Waals surface area (Å²) in [4.78, 5) is 2.49. The van der Waals surface area contributed by atoms with Crippen molar-refractivity contribution in [3.63, 3.8) is 0 Å². The number of nitrogen functional groups attached to an aromatic ring is 1. The molecule has 1 aliphatic rings. The normalized spacial score (nSPS) is 20.7. The summed E-state index contributed by atoms with van der Waals surface area (Å²) < 4.78 is 0. The van der Waals surface area contributed by atoms with Gasteiger partial charge in [-0.3, -0.25) is 0 Å². The van der Waals surface area contributed by atoms with Crippen molar-refractivity contribution in [3.05, 3.63) is 24.3 Å². The summed E-state index contributed by atoms with van der Waals surface area (Å²) in [5.74, 6) is 0.868. The highest BCUT2D eigenvalue weighted by Crippen LogP contribution is 2.25. The smallest absolute Gasteiger partial charge is 0.0367 e. The molecule has 1 unspecified atom stereocenters. The Morgan fingerprint density at radius 2 is 1.89 bits per heavy atom. The van der Waals surface area contributed by atoms with Crippen molar-refractivity contribution in [1.82, 2.24) is 0 Å². The minimum absolute atomic E-state index is 0.832. The highest BCUT2D eigenvalue weighted by atomic mass is 15.1. The first-order chi connectivity index (χ1) is 8.79. The van der Waals surface area contributed by atoms with Crippen LogP contribution in [0.15, 0.2) is 24.3 Å². The summed E-state index contributed by atoms with van der Waals surface area (Å²) in [6.45, 7) is 3.17. The van der Waals surface area contributed by atoms with Crippen LogP contribution in [0.3, 0.4) is 0 Å². The maximum Gasteiger partial charge on any atom is 0.0367 e. The predicted molar refractivity (Wildman–Crippen MR) is 78.7 cm³/mol. The van der Waals surface area contributed by atoms with Crippen LogP contribution in [0.5, 0.6) is 0 Å². The van der Waals surface area contributed by atoms with E-state index < -0.39 is 0 Å². The van der Waals surface area contributed by atoms with Crippen LogP contribution in [0, 0.1) is 5.92 Å². The molecule has 0 saturated carbocycles. The van der Waals surface area contributed by atoms with Crippen LogP contribution in [0.2, 0.25) is 0 Å². The second kappa shape index (κ2) is 6.64. The monoisotopic (exact) mass is 247 g/mol. The number of nitrogens with zero attached hydrogens (tertiary/aromatic N) is 1. The number of nitrogens with two attached hydrogens (primary N) is 2. The third kappa shape index (κ3) is 3.64. The molecule has 3 nitrogen and oxygen atoms in total. The van der Waals surface area contributed by atoms with E-state index in [0.29, 0.717) is 0 Å². The molecular weight excluding hydrogens is 222 g/mol. The van der Waals surface area contributed by atoms with Crippen molar-refractivity contribution in [1.29, 1.82) is 0 Å². The van der Waals surface area contributed by atoms with Gasteiger partial charge in [-0.05, 0) is 68.8 Å². The van der Waals surface area contributed by atoms with E-state index in [1.165, 1.54) is 50.9 Å². The molecular formula is C15H25N3. The summed E-state index contributed by atoms with van der Waals surface area (Å²) in [7, 11) is 0. The second-order valence-electron chi connectivity index (χ2n) is 5.31. The average molecular weight is 247 g/mol. The molecule has 1 atom stereocenters. The molecule has 2 rings (SSSR count). The van der Waals surface area contributed by atoms with E-state index in [1.807, 2.05) is 12.1 Å². The highest BCUT2D eigenvalue weighted by Gasteiger charge is 2.16. The van der Waals surface area contributed by atoms with E-state index in [4.69, 9.17) is 11.5 Å². The third-order valence-electron chi connectivity index (χ3n) is 3.92. The molecule has 1 aliphatic heterocycles. The predicted octanol–water partition coefficient (Wildman–Crippen LogP) is 2.61. The fraction of sp³-hybridized carbons (Fsp3) is 0.600. The van der Waals surface area contributed by atoms with Crippen LogP contribution in [0.25, 0.3) is 0 Å². The lowest BCUT2D eigenvalue weighted by atomic mass is 9.95. The maximum atomic E-state index is 5.73. The topological polar surface area (TPSA) is 55.3 Å². The average Bonchev–Trinajstić information content (AvgIpc) is 2.63. The van der Waals surface area contributed by atoms with Crippen LogP contribution < -0.4 is 16.4 Å². The molecule has 1 aromatic carbocycles. The molecule has 0 spiro atoms. The van der Waals surface area contributed by atoms with Crippen LogP contribution in [-0.4, -0.2) is 19.6 Å². The van der Waals surface area contributed by atoms with Crippen LogP contribution in [0.4, 0.5) is 11.4 Å². The molecule has 3 heteroatoms. The van der Waals surface area contributed by atoms with Crippen LogP contribution >= 0.6 is 0 Å². The molecule has 1 aromatic rings. The lowest BCUT2D eigenvalue weighted by molar-refractivity contribution is 0.429. The molecule has 0 aromatic heterocycles. The number of rotatable bonds is 4. The van der Waals surface area contributed by atoms with Gasteiger partial charge in [-0.25, -0.2) is 0 Å². The van der Waals surface area contributed by atoms with Gasteiger partial charge in [-0.2, -0.15) is 0 Å². The zero-order valence-electron chi connectivity index (χ0n) is 11.1. The Hall–Kier alpha value is -1.22. The molecule has 100 valence electrons. The fourth-order valence-corrected chi connectivity index (χ4v) is 2.80. The fourth-order valence-electron chi connectivity index (χ4n) is 2.80. The molecule has 1 saturated heterocycles. The van der Waals surface area contributed by atoms with Gasteiger partial charge in [0.15, 0.2) is 0 Å². The van der Waals surface area contributed by atoms with Crippen molar-refractivity contribution in [3.8, 4) is 0 Å². The number of hydrogen-bond donors (Lipinski definition) is 2. The summed E-state index contributed by atoms with van der Waals surface area (Å²) in [6.07, 6.45) is 6.41. The zero-order valence-corrected chi connectivity index (χ0v) is 11.1. The Labute approximate surface area is 110 Å². The van der Waals surface area contributed by atoms with Gasteiger partial charge in [0, 0.05) is 24.5 Å². The Bertz CT molecular complexity index is 347. The van der Waals surface area contributed by atoms with Gasteiger partial charge in [0.25, 0.3) is 0 Å². The standard InChI is InChI=1S/C15H25N3/c16-10-1-3-13-4-2-11-18(12-9-13)15-7-5-14(17)6-8-15/h5-8,13H,1-4,9-12,16-17H2. The van der Waals surface area contributed by atoms with E-state index in [2.05, 4.69) is 17.0 Å². The van der Waals surface area contributed by atoms with Crippen molar-refractivity contribution in [2.45, 2.75) is 32.1 Å². The number of anilines is 2. The molecule has 18 heavy (non-hydrogen) atoms. The molecule has 4 N–H and O–H groups in total. The van der Waals surface area contributed by atoms with Crippen LogP contribution in [0.1, 0.15) is 32.1 Å². The third-order valence-corrected chi connectivity index (χ3v) is 3.92. The van der Waals surface area contributed by atoms with Gasteiger partial charge in [-0.15, -0.1) is 0 Å². The molecule has 0 aliphatic carbocycles. The number of hydrogen-bond acceptors (Lipinski definition) is 3. The van der Waals surface area contributed by atoms with Gasteiger partial charge in [0.1, 0.15) is 0 Å². The van der Waals surface area contributed by atoms with Gasteiger partial charge in [0.2, 0.25) is 0 Å². The Morgan fingerprint density at radius 3 is 2.61 bits per heavy atom. The largest absolute Gasteiger partial charge is 0.399 e. The minimum Gasteiger partial charge on any atom is -0.399 e. The van der Waals surface area contributed by atoms with Crippen molar-refractivity contribution in [2.24, 2.45) is 11.7 Å². The van der Waals surface area contributed by atoms with E-state index in [1.54, 1.807) is 0 Å². The Balaban J connectivity index is 1.90. The molecule has 0 amide bonds. The van der Waals surface area contributed by atoms with E-state index in [0.717, 1.165) is 18.2 Å². The number of benzene rings is 1. The van der Waals surface area contributed by atoms with Gasteiger partial charge >= 0.3 is 0 Å². The van der Waals surface area contributed by atoms with Gasteiger partial charge < -0.3 is 16.4 Å². The summed E-state index contributed by atoms with van der Waals surface area (Å²) in [5, 5.41) is 0. The van der Waals surface area contributed by atoms with Crippen molar-refractivity contribution < 1.29 is 0 Å². The van der Waals surface area contributed by atoms with Gasteiger partial charge in [-0.1, -0.05) is 0 Å². The minimum atomic E-state index is 0.832. The van der Waals surface area contributed by atoms with E-state index >= 15 is 0 Å². The van der Waals surface area contributed by atoms with Crippen molar-refractivity contribution in [2.75, 3.05) is 30.3 Å². The summed E-state index contributed by atoms with van der Waals surface area (Å²) >= 11 is 0. The Morgan fingerprint density at radius 1 is 1.11 bits per heavy atom. The summed E-state index contributed by atoms with van der Waals surface area (Å²) in [6, 6.07) is 8.25. The van der Waals surface area contributed by atoms with E-state index in [-0.39, 0.29) is 0 Å². The SMILES string of the molecule is NCCCC1CCCN(c2ccc(N)cc2)CC1. The zero-order chi connectivity index (χ0) is 12.8.